The third-order valence-corrected chi connectivity index (χ3v) is 5.02. The van der Waals surface area contributed by atoms with Gasteiger partial charge in [-0.3, -0.25) is 4.72 Å². The fraction of sp³-hybridized carbons (Fsp3) is 0.0769. The van der Waals surface area contributed by atoms with Crippen LogP contribution in [0.1, 0.15) is 5.56 Å². The van der Waals surface area contributed by atoms with Crippen LogP contribution in [-0.4, -0.2) is 8.42 Å². The summed E-state index contributed by atoms with van der Waals surface area (Å²) in [6.07, 6.45) is 0. The fourth-order valence-electron chi connectivity index (χ4n) is 1.65. The Balaban J connectivity index is 2.44. The largest absolute Gasteiger partial charge is 0.399 e. The van der Waals surface area contributed by atoms with Gasteiger partial charge < -0.3 is 5.73 Å². The molecule has 0 radical (unpaired) electrons. The third kappa shape index (κ3) is 3.00. The van der Waals surface area contributed by atoms with E-state index in [1.54, 1.807) is 25.1 Å². The molecule has 0 saturated carbocycles. The molecule has 0 spiro atoms. The summed E-state index contributed by atoms with van der Waals surface area (Å²) in [4.78, 5) is -0.0345. The summed E-state index contributed by atoms with van der Waals surface area (Å²) < 4.78 is 27.1. The van der Waals surface area contributed by atoms with Crippen molar-refractivity contribution < 1.29 is 8.42 Å². The molecule has 2 rings (SSSR count). The summed E-state index contributed by atoms with van der Waals surface area (Å²) in [6.45, 7) is 1.73. The second-order valence-electron chi connectivity index (χ2n) is 4.21. The molecule has 0 amide bonds. The quantitative estimate of drug-likeness (QED) is 0.843. The van der Waals surface area contributed by atoms with E-state index >= 15 is 0 Å². The van der Waals surface area contributed by atoms with Crippen molar-refractivity contribution >= 4 is 44.6 Å². The van der Waals surface area contributed by atoms with Crippen LogP contribution in [0.2, 0.25) is 10.0 Å². The van der Waals surface area contributed by atoms with Gasteiger partial charge in [-0.1, -0.05) is 29.3 Å². The lowest BCUT2D eigenvalue weighted by molar-refractivity contribution is 0.601. The highest BCUT2D eigenvalue weighted by atomic mass is 35.5. The Bertz CT molecular complexity index is 761. The van der Waals surface area contributed by atoms with E-state index < -0.39 is 10.0 Å². The highest BCUT2D eigenvalue weighted by molar-refractivity contribution is 7.92. The van der Waals surface area contributed by atoms with Crippen LogP contribution >= 0.6 is 23.2 Å². The summed E-state index contributed by atoms with van der Waals surface area (Å²) in [6, 6.07) is 9.21. The van der Waals surface area contributed by atoms with Crippen LogP contribution in [0.15, 0.2) is 41.3 Å². The zero-order valence-electron chi connectivity index (χ0n) is 10.5. The summed E-state index contributed by atoms with van der Waals surface area (Å²) in [5.41, 5.74) is 7.00. The fourth-order valence-corrected chi connectivity index (χ4v) is 3.50. The standard InChI is InChI=1S/C13H12Cl2N2O2S/c1-8-10(14)3-2-4-12(8)17-20(18,19)13-6-5-9(16)7-11(13)15/h2-7,17H,16H2,1H3. The molecule has 0 saturated heterocycles. The van der Waals surface area contributed by atoms with Crippen LogP contribution in [0.4, 0.5) is 11.4 Å². The van der Waals surface area contributed by atoms with E-state index in [0.29, 0.717) is 22.0 Å². The Morgan fingerprint density at radius 1 is 1.10 bits per heavy atom. The van der Waals surface area contributed by atoms with Crippen molar-refractivity contribution in [1.82, 2.24) is 0 Å². The summed E-state index contributed by atoms with van der Waals surface area (Å²) in [7, 11) is -3.80. The topological polar surface area (TPSA) is 72.2 Å². The van der Waals surface area contributed by atoms with Crippen molar-refractivity contribution in [3.63, 3.8) is 0 Å². The van der Waals surface area contributed by atoms with Crippen LogP contribution in [0.5, 0.6) is 0 Å². The highest BCUT2D eigenvalue weighted by Crippen LogP contribution is 2.28. The van der Waals surface area contributed by atoms with Crippen molar-refractivity contribution in [2.75, 3.05) is 10.5 Å². The molecule has 0 unspecified atom stereocenters. The lowest BCUT2D eigenvalue weighted by Gasteiger charge is -2.12. The molecule has 0 aliphatic carbocycles. The molecule has 7 heteroatoms. The summed E-state index contributed by atoms with van der Waals surface area (Å²) in [5, 5.41) is 0.547. The van der Waals surface area contributed by atoms with Crippen LogP contribution in [0.3, 0.4) is 0 Å². The second-order valence-corrected chi connectivity index (χ2v) is 6.67. The maximum Gasteiger partial charge on any atom is 0.263 e. The normalized spacial score (nSPS) is 11.3. The highest BCUT2D eigenvalue weighted by Gasteiger charge is 2.19. The van der Waals surface area contributed by atoms with Crippen LogP contribution in [0.25, 0.3) is 0 Å². The number of nitrogens with two attached hydrogens (primary N) is 1. The van der Waals surface area contributed by atoms with E-state index in [0.717, 1.165) is 0 Å². The van der Waals surface area contributed by atoms with Crippen molar-refractivity contribution in [3.8, 4) is 0 Å². The molecule has 20 heavy (non-hydrogen) atoms. The molecule has 0 bridgehead atoms. The van der Waals surface area contributed by atoms with Gasteiger partial charge in [0.25, 0.3) is 10.0 Å². The molecular formula is C13H12Cl2N2O2S. The maximum absolute atomic E-state index is 12.3. The molecular weight excluding hydrogens is 319 g/mol. The molecule has 0 aromatic heterocycles. The lowest BCUT2D eigenvalue weighted by atomic mass is 10.2. The average molecular weight is 331 g/mol. The number of hydrogen-bond donors (Lipinski definition) is 2. The van der Waals surface area contributed by atoms with Crippen molar-refractivity contribution in [3.05, 3.63) is 52.0 Å². The minimum Gasteiger partial charge on any atom is -0.399 e. The van der Waals surface area contributed by atoms with E-state index in [9.17, 15) is 8.42 Å². The van der Waals surface area contributed by atoms with E-state index in [1.807, 2.05) is 0 Å². The molecule has 0 fully saturated rings. The first kappa shape index (κ1) is 15.0. The van der Waals surface area contributed by atoms with Gasteiger partial charge in [-0.05, 0) is 42.8 Å². The number of hydrogen-bond acceptors (Lipinski definition) is 3. The number of anilines is 2. The number of rotatable bonds is 3. The lowest BCUT2D eigenvalue weighted by Crippen LogP contribution is -2.14. The maximum atomic E-state index is 12.3. The van der Waals surface area contributed by atoms with Crippen LogP contribution in [-0.2, 0) is 10.0 Å². The number of sulfonamides is 1. The van der Waals surface area contributed by atoms with Crippen molar-refractivity contribution in [2.45, 2.75) is 11.8 Å². The smallest absolute Gasteiger partial charge is 0.263 e. The van der Waals surface area contributed by atoms with E-state index in [2.05, 4.69) is 4.72 Å². The van der Waals surface area contributed by atoms with Gasteiger partial charge in [0.15, 0.2) is 0 Å². The zero-order chi connectivity index (χ0) is 14.9. The molecule has 106 valence electrons. The Morgan fingerprint density at radius 3 is 2.45 bits per heavy atom. The monoisotopic (exact) mass is 330 g/mol. The summed E-state index contributed by atoms with van der Waals surface area (Å²) in [5.74, 6) is 0. The Labute approximate surface area is 127 Å². The second kappa shape index (κ2) is 5.52. The predicted molar refractivity (Wildman–Crippen MR) is 82.9 cm³/mol. The predicted octanol–water partition coefficient (Wildman–Crippen LogP) is 3.68. The first-order valence-corrected chi connectivity index (χ1v) is 7.88. The van der Waals surface area contributed by atoms with Gasteiger partial charge in [0.2, 0.25) is 0 Å². The average Bonchev–Trinajstić information content (AvgIpc) is 2.34. The Hall–Kier alpha value is -1.43. The Kier molecular flexibility index (Phi) is 4.13. The number of nitrogen functional groups attached to an aromatic ring is 1. The molecule has 0 heterocycles. The van der Waals surface area contributed by atoms with Gasteiger partial charge in [-0.2, -0.15) is 0 Å². The van der Waals surface area contributed by atoms with E-state index in [-0.39, 0.29) is 9.92 Å². The van der Waals surface area contributed by atoms with Crippen molar-refractivity contribution in [1.29, 1.82) is 0 Å². The number of benzene rings is 2. The zero-order valence-corrected chi connectivity index (χ0v) is 12.9. The molecule has 3 N–H and O–H groups in total. The van der Waals surface area contributed by atoms with Crippen LogP contribution < -0.4 is 10.5 Å². The molecule has 2 aromatic carbocycles. The first-order valence-electron chi connectivity index (χ1n) is 5.64. The number of halogens is 2. The third-order valence-electron chi connectivity index (χ3n) is 2.76. The molecule has 4 nitrogen and oxygen atoms in total. The van der Waals surface area contributed by atoms with Gasteiger partial charge in [-0.15, -0.1) is 0 Å². The van der Waals surface area contributed by atoms with Gasteiger partial charge in [0.05, 0.1) is 10.7 Å². The first-order chi connectivity index (χ1) is 9.31. The minimum absolute atomic E-state index is 0.0345. The molecule has 0 atom stereocenters. The Morgan fingerprint density at radius 2 is 1.80 bits per heavy atom. The van der Waals surface area contributed by atoms with Gasteiger partial charge in [0, 0.05) is 10.7 Å². The van der Waals surface area contributed by atoms with Gasteiger partial charge >= 0.3 is 0 Å². The van der Waals surface area contributed by atoms with Gasteiger partial charge in [-0.25, -0.2) is 8.42 Å². The van der Waals surface area contributed by atoms with E-state index in [4.69, 9.17) is 28.9 Å². The molecule has 2 aromatic rings. The van der Waals surface area contributed by atoms with Crippen LogP contribution in [0, 0.1) is 6.92 Å². The number of nitrogens with one attached hydrogen (secondary N) is 1. The SMILES string of the molecule is Cc1c(Cl)cccc1NS(=O)(=O)c1ccc(N)cc1Cl. The van der Waals surface area contributed by atoms with E-state index in [1.165, 1.54) is 18.2 Å². The van der Waals surface area contributed by atoms with Gasteiger partial charge in [0.1, 0.15) is 4.90 Å². The van der Waals surface area contributed by atoms with Crippen molar-refractivity contribution in [2.24, 2.45) is 0 Å². The minimum atomic E-state index is -3.80. The molecule has 0 aliphatic rings. The summed E-state index contributed by atoms with van der Waals surface area (Å²) >= 11 is 11.9. The molecule has 0 aliphatic heterocycles.